The van der Waals surface area contributed by atoms with Crippen LogP contribution in [-0.4, -0.2) is 30.1 Å². The lowest BCUT2D eigenvalue weighted by Crippen LogP contribution is -2.55. The highest BCUT2D eigenvalue weighted by Gasteiger charge is 2.58. The molecule has 4 aliphatic carbocycles. The topological polar surface area (TPSA) is 67.8 Å². The molecule has 0 saturated heterocycles. The summed E-state index contributed by atoms with van der Waals surface area (Å²) in [6.45, 7) is 6.04. The molecule has 0 amide bonds. The molecule has 0 aromatic carbocycles. The SMILES string of the molecule is C[C@@]12CCC[C@H]1[C@@H]1CC[C@@H]3C[C@](O)(/C=C/C=N/OCCN)CC[C@]3(C)[C@H]1CC2. The summed E-state index contributed by atoms with van der Waals surface area (Å²) in [7, 11) is 0. The minimum Gasteiger partial charge on any atom is -0.394 e. The van der Waals surface area contributed by atoms with Gasteiger partial charge in [-0.2, -0.15) is 0 Å². The summed E-state index contributed by atoms with van der Waals surface area (Å²) >= 11 is 0. The van der Waals surface area contributed by atoms with Crippen LogP contribution < -0.4 is 5.73 Å². The van der Waals surface area contributed by atoms with Gasteiger partial charge in [0.05, 0.1) is 11.8 Å². The summed E-state index contributed by atoms with van der Waals surface area (Å²) < 4.78 is 0. The van der Waals surface area contributed by atoms with Crippen molar-refractivity contribution in [1.29, 1.82) is 0 Å². The number of oxime groups is 1. The smallest absolute Gasteiger partial charge is 0.129 e. The molecule has 0 aromatic heterocycles. The average Bonchev–Trinajstić information content (AvgIpc) is 3.07. The summed E-state index contributed by atoms with van der Waals surface area (Å²) in [4.78, 5) is 5.02. The highest BCUT2D eigenvalue weighted by atomic mass is 16.6. The summed E-state index contributed by atoms with van der Waals surface area (Å²) in [5.74, 6) is 3.43. The van der Waals surface area contributed by atoms with Crippen molar-refractivity contribution in [3.63, 3.8) is 0 Å². The maximum Gasteiger partial charge on any atom is 0.129 e. The van der Waals surface area contributed by atoms with Gasteiger partial charge in [0.1, 0.15) is 6.61 Å². The number of hydrogen-bond donors (Lipinski definition) is 2. The average molecular weight is 389 g/mol. The number of rotatable bonds is 5. The van der Waals surface area contributed by atoms with Crippen LogP contribution in [0.3, 0.4) is 0 Å². The number of allylic oxidation sites excluding steroid dienone is 1. The van der Waals surface area contributed by atoms with E-state index in [0.717, 1.165) is 37.0 Å². The maximum absolute atomic E-state index is 11.2. The van der Waals surface area contributed by atoms with Gasteiger partial charge in [0.15, 0.2) is 0 Å². The highest BCUT2D eigenvalue weighted by molar-refractivity contribution is 5.70. The fourth-order valence-corrected chi connectivity index (χ4v) is 7.82. The lowest BCUT2D eigenvalue weighted by Gasteiger charge is -2.61. The Labute approximate surface area is 171 Å². The van der Waals surface area contributed by atoms with Crippen LogP contribution in [-0.2, 0) is 4.84 Å². The van der Waals surface area contributed by atoms with Crippen molar-refractivity contribution in [3.05, 3.63) is 12.2 Å². The van der Waals surface area contributed by atoms with E-state index in [2.05, 4.69) is 19.0 Å². The van der Waals surface area contributed by atoms with Gasteiger partial charge in [-0.1, -0.05) is 31.5 Å². The van der Waals surface area contributed by atoms with Gasteiger partial charge in [0.2, 0.25) is 0 Å². The van der Waals surface area contributed by atoms with Crippen molar-refractivity contribution in [2.24, 2.45) is 45.4 Å². The summed E-state index contributed by atoms with van der Waals surface area (Å²) in [6.07, 6.45) is 18.3. The number of fused-ring (bicyclic) bond motifs is 5. The van der Waals surface area contributed by atoms with Gasteiger partial charge in [-0.15, -0.1) is 0 Å². The molecule has 0 aliphatic heterocycles. The van der Waals surface area contributed by atoms with Crippen LogP contribution in [0.2, 0.25) is 0 Å². The first-order chi connectivity index (χ1) is 13.4. The molecule has 28 heavy (non-hydrogen) atoms. The summed E-state index contributed by atoms with van der Waals surface area (Å²) in [5.41, 5.74) is 5.75. The van der Waals surface area contributed by atoms with E-state index in [1.54, 1.807) is 6.21 Å². The van der Waals surface area contributed by atoms with Gasteiger partial charge >= 0.3 is 0 Å². The Balaban J connectivity index is 1.43. The van der Waals surface area contributed by atoms with Crippen molar-refractivity contribution >= 4 is 6.21 Å². The van der Waals surface area contributed by atoms with Gasteiger partial charge in [0.25, 0.3) is 0 Å². The van der Waals surface area contributed by atoms with Crippen molar-refractivity contribution < 1.29 is 9.94 Å². The molecule has 0 unspecified atom stereocenters. The van der Waals surface area contributed by atoms with Crippen LogP contribution in [0.15, 0.2) is 17.3 Å². The standard InChI is InChI=1S/C24H40N2O2/c1-22-9-3-5-20(22)19-7-6-18-17-24(27,10-4-15-26-28-16-14-25)13-12-23(18,2)21(19)8-11-22/h4,10,15,18-21,27H,3,5-9,11-14,16-17,25H2,1-2H3/b10-4+,26-15+/t18-,19+,20+,21+,22+,23+,24+/m1/s1. The van der Waals surface area contributed by atoms with Crippen LogP contribution in [0.1, 0.15) is 78.1 Å². The van der Waals surface area contributed by atoms with Crippen molar-refractivity contribution in [2.75, 3.05) is 13.2 Å². The predicted molar refractivity (Wildman–Crippen MR) is 114 cm³/mol. The van der Waals surface area contributed by atoms with E-state index in [1.165, 1.54) is 44.9 Å². The Kier molecular flexibility index (Phi) is 5.65. The van der Waals surface area contributed by atoms with E-state index in [1.807, 2.05) is 12.2 Å². The van der Waals surface area contributed by atoms with Crippen molar-refractivity contribution in [2.45, 2.75) is 83.7 Å². The zero-order valence-corrected chi connectivity index (χ0v) is 17.9. The molecule has 4 fully saturated rings. The van der Waals surface area contributed by atoms with E-state index < -0.39 is 5.60 Å². The van der Waals surface area contributed by atoms with E-state index in [-0.39, 0.29) is 0 Å². The van der Waals surface area contributed by atoms with Gasteiger partial charge < -0.3 is 15.7 Å². The molecule has 4 heteroatoms. The second-order valence-electron chi connectivity index (χ2n) is 10.8. The van der Waals surface area contributed by atoms with Gasteiger partial charge in [-0.05, 0) is 98.4 Å². The van der Waals surface area contributed by atoms with E-state index in [9.17, 15) is 5.11 Å². The predicted octanol–water partition coefficient (Wildman–Crippen LogP) is 4.67. The fraction of sp³-hybridized carbons (Fsp3) is 0.875. The first-order valence-corrected chi connectivity index (χ1v) is 11.7. The van der Waals surface area contributed by atoms with Crippen LogP contribution in [0.25, 0.3) is 0 Å². The second kappa shape index (κ2) is 7.75. The Morgan fingerprint density at radius 3 is 2.75 bits per heavy atom. The summed E-state index contributed by atoms with van der Waals surface area (Å²) in [6, 6.07) is 0. The van der Waals surface area contributed by atoms with Crippen molar-refractivity contribution in [1.82, 2.24) is 0 Å². The summed E-state index contributed by atoms with van der Waals surface area (Å²) in [5, 5.41) is 15.1. The van der Waals surface area contributed by atoms with E-state index >= 15 is 0 Å². The first-order valence-electron chi connectivity index (χ1n) is 11.7. The lowest BCUT2D eigenvalue weighted by molar-refractivity contribution is -0.135. The number of hydrogen-bond acceptors (Lipinski definition) is 4. The fourth-order valence-electron chi connectivity index (χ4n) is 7.82. The molecule has 158 valence electrons. The molecule has 7 atom stereocenters. The zero-order valence-electron chi connectivity index (χ0n) is 17.9. The minimum atomic E-state index is -0.687. The molecule has 3 N–H and O–H groups in total. The first kappa shape index (κ1) is 20.4. The molecule has 0 heterocycles. The van der Waals surface area contributed by atoms with Crippen LogP contribution >= 0.6 is 0 Å². The Morgan fingerprint density at radius 1 is 1.07 bits per heavy atom. The third-order valence-electron chi connectivity index (χ3n) is 9.38. The third-order valence-corrected chi connectivity index (χ3v) is 9.38. The number of nitrogens with zero attached hydrogens (tertiary/aromatic N) is 1. The second-order valence-corrected chi connectivity index (χ2v) is 10.8. The van der Waals surface area contributed by atoms with Crippen LogP contribution in [0.4, 0.5) is 0 Å². The molecule has 4 rings (SSSR count). The molecule has 4 aliphatic rings. The van der Waals surface area contributed by atoms with Gasteiger partial charge in [0, 0.05) is 6.54 Å². The molecule has 0 radical (unpaired) electrons. The van der Waals surface area contributed by atoms with Crippen LogP contribution in [0.5, 0.6) is 0 Å². The lowest BCUT2D eigenvalue weighted by atomic mass is 9.44. The van der Waals surface area contributed by atoms with Crippen molar-refractivity contribution in [3.8, 4) is 0 Å². The van der Waals surface area contributed by atoms with Crippen LogP contribution in [0, 0.1) is 34.5 Å². The normalized spacial score (nSPS) is 48.4. The van der Waals surface area contributed by atoms with Gasteiger partial charge in [-0.3, -0.25) is 0 Å². The van der Waals surface area contributed by atoms with Gasteiger partial charge in [-0.25, -0.2) is 0 Å². The Hall–Kier alpha value is -0.870. The molecule has 0 aromatic rings. The molecular formula is C24H40N2O2. The quantitative estimate of drug-likeness (QED) is 0.409. The number of nitrogens with two attached hydrogens (primary N) is 1. The maximum atomic E-state index is 11.2. The highest BCUT2D eigenvalue weighted by Crippen LogP contribution is 2.66. The molecule has 4 nitrogen and oxygen atoms in total. The largest absolute Gasteiger partial charge is 0.394 e. The van der Waals surface area contributed by atoms with E-state index in [4.69, 9.17) is 10.6 Å². The Morgan fingerprint density at radius 2 is 1.93 bits per heavy atom. The molecular weight excluding hydrogens is 348 g/mol. The minimum absolute atomic E-state index is 0.422. The zero-order chi connectivity index (χ0) is 19.8. The molecule has 4 saturated carbocycles. The third kappa shape index (κ3) is 3.56. The van der Waals surface area contributed by atoms with E-state index in [0.29, 0.717) is 29.9 Å². The number of aliphatic hydroxyl groups is 1. The monoisotopic (exact) mass is 388 g/mol. The Bertz CT molecular complexity index is 620. The molecule has 0 bridgehead atoms. The molecule has 0 spiro atoms.